The smallest absolute Gasteiger partial charge is 0.246 e. The van der Waals surface area contributed by atoms with Crippen LogP contribution in [0.5, 0.6) is 11.5 Å². The predicted molar refractivity (Wildman–Crippen MR) is 101 cm³/mol. The quantitative estimate of drug-likeness (QED) is 0.693. The van der Waals surface area contributed by atoms with Gasteiger partial charge in [-0.25, -0.2) is 8.42 Å². The number of ether oxygens (including phenoxy) is 2. The lowest BCUT2D eigenvalue weighted by Crippen LogP contribution is -3.18. The lowest BCUT2D eigenvalue weighted by Gasteiger charge is -2.34. The number of piperazine rings is 1. The Balaban J connectivity index is 1.31. The largest absolute Gasteiger partial charge is 0.486 e. The summed E-state index contributed by atoms with van der Waals surface area (Å²) in [5, 5.41) is 0. The van der Waals surface area contributed by atoms with Gasteiger partial charge in [-0.3, -0.25) is 4.79 Å². The minimum atomic E-state index is -2.85. The summed E-state index contributed by atoms with van der Waals surface area (Å²) in [7, 11) is -2.85. The molecule has 3 aliphatic rings. The van der Waals surface area contributed by atoms with Crippen LogP contribution >= 0.6 is 0 Å². The highest BCUT2D eigenvalue weighted by molar-refractivity contribution is 7.91. The van der Waals surface area contributed by atoms with Crippen molar-refractivity contribution in [2.24, 2.45) is 0 Å². The van der Waals surface area contributed by atoms with Gasteiger partial charge in [0.1, 0.15) is 25.0 Å². The molecule has 1 atom stereocenters. The summed E-state index contributed by atoms with van der Waals surface area (Å²) in [6.07, 6.45) is 4.13. The number of amides is 1. The highest BCUT2D eigenvalue weighted by atomic mass is 32.2. The number of nitrogens with zero attached hydrogens (tertiary/aromatic N) is 1. The molecule has 0 unspecified atom stereocenters. The van der Waals surface area contributed by atoms with Crippen molar-refractivity contribution in [3.63, 3.8) is 0 Å². The lowest BCUT2D eigenvalue weighted by atomic mass is 10.1. The van der Waals surface area contributed by atoms with Crippen molar-refractivity contribution in [1.29, 1.82) is 0 Å². The van der Waals surface area contributed by atoms with E-state index >= 15 is 0 Å². The highest BCUT2D eigenvalue weighted by Gasteiger charge is 2.37. The molecular weight excluding hydrogens is 368 g/mol. The fourth-order valence-corrected chi connectivity index (χ4v) is 5.80. The Morgan fingerprint density at radius 2 is 1.89 bits per heavy atom. The molecular formula is C19H25N2O5S+. The van der Waals surface area contributed by atoms with Crippen molar-refractivity contribution in [3.05, 3.63) is 29.8 Å². The van der Waals surface area contributed by atoms with Gasteiger partial charge in [0.25, 0.3) is 0 Å². The molecule has 2 saturated heterocycles. The van der Waals surface area contributed by atoms with Crippen LogP contribution in [0.25, 0.3) is 6.08 Å². The number of rotatable bonds is 3. The van der Waals surface area contributed by atoms with Crippen molar-refractivity contribution in [1.82, 2.24) is 4.90 Å². The van der Waals surface area contributed by atoms with Gasteiger partial charge in [-0.05, 0) is 23.8 Å². The third kappa shape index (κ3) is 4.27. The molecule has 0 aliphatic carbocycles. The molecule has 1 aromatic carbocycles. The molecule has 0 saturated carbocycles. The fourth-order valence-electron chi connectivity index (χ4n) is 3.98. The Morgan fingerprint density at radius 1 is 1.15 bits per heavy atom. The van der Waals surface area contributed by atoms with Crippen molar-refractivity contribution in [2.45, 2.75) is 12.5 Å². The van der Waals surface area contributed by atoms with E-state index in [0.29, 0.717) is 43.6 Å². The maximum Gasteiger partial charge on any atom is 0.246 e. The zero-order chi connectivity index (χ0) is 18.9. The molecule has 3 heterocycles. The Kier molecular flexibility index (Phi) is 5.10. The summed E-state index contributed by atoms with van der Waals surface area (Å²) in [6, 6.07) is 5.83. The van der Waals surface area contributed by atoms with Gasteiger partial charge in [0, 0.05) is 12.5 Å². The Morgan fingerprint density at radius 3 is 2.59 bits per heavy atom. The summed E-state index contributed by atoms with van der Waals surface area (Å²) >= 11 is 0. The van der Waals surface area contributed by atoms with Crippen LogP contribution in [0, 0.1) is 0 Å². The zero-order valence-corrected chi connectivity index (χ0v) is 16.0. The van der Waals surface area contributed by atoms with E-state index in [-0.39, 0.29) is 11.9 Å². The molecule has 0 radical (unpaired) electrons. The minimum absolute atomic E-state index is 0.0111. The topological polar surface area (TPSA) is 77.3 Å². The highest BCUT2D eigenvalue weighted by Crippen LogP contribution is 2.31. The van der Waals surface area contributed by atoms with E-state index in [9.17, 15) is 13.2 Å². The van der Waals surface area contributed by atoms with Crippen LogP contribution in [-0.4, -0.2) is 76.2 Å². The van der Waals surface area contributed by atoms with E-state index in [0.717, 1.165) is 30.8 Å². The summed E-state index contributed by atoms with van der Waals surface area (Å²) in [5.41, 5.74) is 0.896. The number of carbonyl (C=O) groups is 1. The molecule has 0 spiro atoms. The summed E-state index contributed by atoms with van der Waals surface area (Å²) in [6.45, 7) is 4.04. The fraction of sp³-hybridized carbons (Fsp3) is 0.526. The van der Waals surface area contributed by atoms with Crippen molar-refractivity contribution in [2.75, 3.05) is 50.9 Å². The number of hydrogen-bond acceptors (Lipinski definition) is 5. The number of quaternary nitrogens is 1. The van der Waals surface area contributed by atoms with Gasteiger partial charge >= 0.3 is 0 Å². The van der Waals surface area contributed by atoms with E-state index in [1.54, 1.807) is 12.2 Å². The molecule has 2 fully saturated rings. The third-order valence-corrected chi connectivity index (χ3v) is 7.28. The second-order valence-corrected chi connectivity index (χ2v) is 9.55. The second kappa shape index (κ2) is 7.52. The van der Waals surface area contributed by atoms with Crippen molar-refractivity contribution >= 4 is 21.8 Å². The molecule has 1 N–H and O–H groups in total. The van der Waals surface area contributed by atoms with Crippen LogP contribution in [0.2, 0.25) is 0 Å². The summed E-state index contributed by atoms with van der Waals surface area (Å²) in [5.74, 6) is 2.03. The first-order valence-electron chi connectivity index (χ1n) is 9.42. The van der Waals surface area contributed by atoms with E-state index in [4.69, 9.17) is 9.47 Å². The number of hydrogen-bond donors (Lipinski definition) is 1. The maximum absolute atomic E-state index is 12.5. The monoisotopic (exact) mass is 393 g/mol. The molecule has 4 rings (SSSR count). The molecule has 146 valence electrons. The van der Waals surface area contributed by atoms with Crippen LogP contribution < -0.4 is 14.4 Å². The summed E-state index contributed by atoms with van der Waals surface area (Å²) < 4.78 is 34.4. The second-order valence-electron chi connectivity index (χ2n) is 7.32. The molecule has 8 heteroatoms. The first-order valence-corrected chi connectivity index (χ1v) is 11.2. The number of nitrogens with one attached hydrogen (secondary N) is 1. The Hall–Kier alpha value is -2.06. The number of carbonyl (C=O) groups excluding carboxylic acids is 1. The van der Waals surface area contributed by atoms with Gasteiger partial charge < -0.3 is 19.3 Å². The normalized spacial score (nSPS) is 25.0. The number of sulfone groups is 1. The van der Waals surface area contributed by atoms with E-state index in [1.165, 1.54) is 4.90 Å². The average molecular weight is 393 g/mol. The van der Waals surface area contributed by atoms with Gasteiger partial charge in [-0.15, -0.1) is 0 Å². The third-order valence-electron chi connectivity index (χ3n) is 5.51. The minimum Gasteiger partial charge on any atom is -0.486 e. The van der Waals surface area contributed by atoms with Crippen LogP contribution in [0.1, 0.15) is 12.0 Å². The van der Waals surface area contributed by atoms with E-state index in [1.807, 2.05) is 23.1 Å². The van der Waals surface area contributed by atoms with Gasteiger partial charge in [0.05, 0.1) is 31.9 Å². The van der Waals surface area contributed by atoms with Gasteiger partial charge in [0.2, 0.25) is 5.91 Å². The SMILES string of the molecule is O=C(/C=C/c1ccc2c(c1)OCCO2)N1CC[NH+]([C@@H]2CCS(=O)(=O)C2)CC1. The van der Waals surface area contributed by atoms with E-state index in [2.05, 4.69) is 0 Å². The van der Waals surface area contributed by atoms with Gasteiger partial charge in [0.15, 0.2) is 21.3 Å². The molecule has 27 heavy (non-hydrogen) atoms. The summed E-state index contributed by atoms with van der Waals surface area (Å²) in [4.78, 5) is 15.6. The molecule has 0 bridgehead atoms. The van der Waals surface area contributed by atoms with Crippen LogP contribution in [0.3, 0.4) is 0 Å². The Labute approximate surface area is 159 Å². The van der Waals surface area contributed by atoms with Crippen molar-refractivity contribution in [3.8, 4) is 11.5 Å². The lowest BCUT2D eigenvalue weighted by molar-refractivity contribution is -0.925. The first-order chi connectivity index (χ1) is 13.0. The van der Waals surface area contributed by atoms with Crippen LogP contribution in [0.4, 0.5) is 0 Å². The van der Waals surface area contributed by atoms with Gasteiger partial charge in [-0.2, -0.15) is 0 Å². The van der Waals surface area contributed by atoms with Gasteiger partial charge in [-0.1, -0.05) is 6.07 Å². The molecule has 1 amide bonds. The first kappa shape index (κ1) is 18.3. The van der Waals surface area contributed by atoms with Crippen LogP contribution in [-0.2, 0) is 14.6 Å². The number of benzene rings is 1. The number of fused-ring (bicyclic) bond motifs is 1. The molecule has 1 aromatic rings. The Bertz CT molecular complexity index is 844. The molecule has 3 aliphatic heterocycles. The van der Waals surface area contributed by atoms with Crippen molar-refractivity contribution < 1.29 is 27.6 Å². The average Bonchev–Trinajstić information content (AvgIpc) is 3.06. The van der Waals surface area contributed by atoms with E-state index < -0.39 is 9.84 Å². The molecule has 7 nitrogen and oxygen atoms in total. The molecule has 0 aromatic heterocycles. The standard InChI is InChI=1S/C19H24N2O5S/c22-19(4-2-15-1-3-17-18(13-15)26-11-10-25-17)21-8-6-20(7-9-21)16-5-12-27(23,24)14-16/h1-4,13,16H,5-12,14H2/p+1/b4-2+/t16-/m1/s1. The predicted octanol–water partition coefficient (Wildman–Crippen LogP) is -0.615. The van der Waals surface area contributed by atoms with Crippen LogP contribution in [0.15, 0.2) is 24.3 Å². The maximum atomic E-state index is 12.5. The zero-order valence-electron chi connectivity index (χ0n) is 15.2.